The molecule has 0 radical (unpaired) electrons. The number of aliphatic hydroxyl groups excluding tert-OH is 1. The fourth-order valence-corrected chi connectivity index (χ4v) is 2.16. The molecule has 0 saturated heterocycles. The highest BCUT2D eigenvalue weighted by molar-refractivity contribution is 6.32. The quantitative estimate of drug-likeness (QED) is 0.924. The zero-order valence-electron chi connectivity index (χ0n) is 10.4. The second kappa shape index (κ2) is 6.04. The van der Waals surface area contributed by atoms with E-state index in [-0.39, 0.29) is 5.82 Å². The largest absolute Gasteiger partial charge is 0.495 e. The topological polar surface area (TPSA) is 29.5 Å². The maximum absolute atomic E-state index is 13.1. The molecule has 2 nitrogen and oxygen atoms in total. The van der Waals surface area contributed by atoms with Crippen LogP contribution in [0.15, 0.2) is 42.5 Å². The first-order chi connectivity index (χ1) is 9.10. The van der Waals surface area contributed by atoms with Crippen LogP contribution in [0.25, 0.3) is 0 Å². The van der Waals surface area contributed by atoms with Gasteiger partial charge in [0.15, 0.2) is 0 Å². The van der Waals surface area contributed by atoms with Crippen molar-refractivity contribution in [2.24, 2.45) is 0 Å². The molecule has 4 heteroatoms. The number of hydrogen-bond donors (Lipinski definition) is 1. The first-order valence-electron chi connectivity index (χ1n) is 5.86. The molecule has 0 heterocycles. The van der Waals surface area contributed by atoms with Crippen LogP contribution in [0.4, 0.5) is 4.39 Å². The Hall–Kier alpha value is -1.58. The van der Waals surface area contributed by atoms with Gasteiger partial charge in [-0.2, -0.15) is 0 Å². The van der Waals surface area contributed by atoms with E-state index in [4.69, 9.17) is 16.3 Å². The Labute approximate surface area is 116 Å². The van der Waals surface area contributed by atoms with Gasteiger partial charge in [-0.1, -0.05) is 29.8 Å². The Morgan fingerprint density at radius 3 is 2.68 bits per heavy atom. The molecule has 0 aromatic heterocycles. The first kappa shape index (κ1) is 13.8. The van der Waals surface area contributed by atoms with Gasteiger partial charge in [0, 0.05) is 6.42 Å². The summed E-state index contributed by atoms with van der Waals surface area (Å²) in [5, 5.41) is 10.6. The van der Waals surface area contributed by atoms with E-state index in [1.54, 1.807) is 30.3 Å². The number of aliphatic hydroxyl groups is 1. The van der Waals surface area contributed by atoms with Crippen LogP contribution >= 0.6 is 11.6 Å². The predicted octanol–water partition coefficient (Wildman–Crippen LogP) is 3.76. The van der Waals surface area contributed by atoms with Gasteiger partial charge in [-0.15, -0.1) is 0 Å². The van der Waals surface area contributed by atoms with Crippen LogP contribution in [-0.2, 0) is 6.42 Å². The van der Waals surface area contributed by atoms with Crippen molar-refractivity contribution in [3.8, 4) is 5.75 Å². The van der Waals surface area contributed by atoms with E-state index in [2.05, 4.69) is 0 Å². The maximum Gasteiger partial charge on any atom is 0.137 e. The second-order valence-electron chi connectivity index (χ2n) is 4.24. The van der Waals surface area contributed by atoms with Crippen molar-refractivity contribution in [1.82, 2.24) is 0 Å². The van der Waals surface area contributed by atoms with Gasteiger partial charge in [0.2, 0.25) is 0 Å². The predicted molar refractivity (Wildman–Crippen MR) is 73.1 cm³/mol. The summed E-state index contributed by atoms with van der Waals surface area (Å²) < 4.78 is 18.1. The lowest BCUT2D eigenvalue weighted by molar-refractivity contribution is 0.178. The van der Waals surface area contributed by atoms with E-state index < -0.39 is 6.10 Å². The lowest BCUT2D eigenvalue weighted by Gasteiger charge is -2.13. The van der Waals surface area contributed by atoms with E-state index in [0.717, 1.165) is 5.56 Å². The molecule has 0 fully saturated rings. The van der Waals surface area contributed by atoms with E-state index >= 15 is 0 Å². The van der Waals surface area contributed by atoms with Crippen LogP contribution < -0.4 is 4.74 Å². The first-order valence-corrected chi connectivity index (χ1v) is 6.24. The third-order valence-corrected chi connectivity index (χ3v) is 3.17. The molecule has 0 saturated carbocycles. The molecule has 2 aromatic rings. The van der Waals surface area contributed by atoms with Crippen LogP contribution in [0, 0.1) is 5.82 Å². The van der Waals surface area contributed by atoms with Crippen LogP contribution in [0.2, 0.25) is 5.02 Å². The van der Waals surface area contributed by atoms with Crippen molar-refractivity contribution in [1.29, 1.82) is 0 Å². The fraction of sp³-hybridized carbons (Fsp3) is 0.200. The highest BCUT2D eigenvalue weighted by Gasteiger charge is 2.11. The Morgan fingerprint density at radius 2 is 2.05 bits per heavy atom. The van der Waals surface area contributed by atoms with Gasteiger partial charge in [0.25, 0.3) is 0 Å². The number of methoxy groups -OCH3 is 1. The van der Waals surface area contributed by atoms with Crippen molar-refractivity contribution >= 4 is 11.6 Å². The van der Waals surface area contributed by atoms with Gasteiger partial charge < -0.3 is 9.84 Å². The lowest BCUT2D eigenvalue weighted by atomic mass is 10.0. The summed E-state index contributed by atoms with van der Waals surface area (Å²) in [6.07, 6.45) is -0.398. The SMILES string of the molecule is COc1ccc(C(O)Cc2cccc(F)c2)cc1Cl. The van der Waals surface area contributed by atoms with Crippen molar-refractivity contribution in [3.05, 3.63) is 64.4 Å². The average molecular weight is 281 g/mol. The highest BCUT2D eigenvalue weighted by Crippen LogP contribution is 2.28. The zero-order valence-corrected chi connectivity index (χ0v) is 11.2. The van der Waals surface area contributed by atoms with E-state index in [0.29, 0.717) is 22.8 Å². The monoisotopic (exact) mass is 280 g/mol. The molecule has 0 aliphatic rings. The van der Waals surface area contributed by atoms with E-state index in [9.17, 15) is 9.50 Å². The van der Waals surface area contributed by atoms with Crippen LogP contribution in [-0.4, -0.2) is 12.2 Å². The van der Waals surface area contributed by atoms with Gasteiger partial charge in [0.1, 0.15) is 11.6 Å². The molecule has 0 aliphatic carbocycles. The number of ether oxygens (including phenoxy) is 1. The summed E-state index contributed by atoms with van der Waals surface area (Å²) in [5.74, 6) is 0.251. The molecule has 1 unspecified atom stereocenters. The molecule has 2 rings (SSSR count). The Morgan fingerprint density at radius 1 is 1.26 bits per heavy atom. The number of halogens is 2. The summed E-state index contributed by atoms with van der Waals surface area (Å²) in [7, 11) is 1.53. The Kier molecular flexibility index (Phi) is 4.40. The van der Waals surface area contributed by atoms with Crippen LogP contribution in [0.3, 0.4) is 0 Å². The van der Waals surface area contributed by atoms with E-state index in [1.807, 2.05) is 0 Å². The maximum atomic E-state index is 13.1. The summed E-state index contributed by atoms with van der Waals surface area (Å²) in [5.41, 5.74) is 1.41. The molecule has 1 atom stereocenters. The molecule has 0 amide bonds. The minimum absolute atomic E-state index is 0.308. The summed E-state index contributed by atoms with van der Waals surface area (Å²) in [6, 6.07) is 11.3. The van der Waals surface area contributed by atoms with Gasteiger partial charge in [-0.25, -0.2) is 4.39 Å². The third kappa shape index (κ3) is 3.46. The normalized spacial score (nSPS) is 12.2. The van der Waals surface area contributed by atoms with Crippen LogP contribution in [0.1, 0.15) is 17.2 Å². The van der Waals surface area contributed by atoms with Gasteiger partial charge in [0.05, 0.1) is 18.2 Å². The highest BCUT2D eigenvalue weighted by atomic mass is 35.5. The smallest absolute Gasteiger partial charge is 0.137 e. The number of hydrogen-bond acceptors (Lipinski definition) is 2. The molecule has 19 heavy (non-hydrogen) atoms. The lowest BCUT2D eigenvalue weighted by Crippen LogP contribution is -2.02. The van der Waals surface area contributed by atoms with Crippen LogP contribution in [0.5, 0.6) is 5.75 Å². The van der Waals surface area contributed by atoms with E-state index in [1.165, 1.54) is 19.2 Å². The molecule has 100 valence electrons. The number of benzene rings is 2. The van der Waals surface area contributed by atoms with Crippen molar-refractivity contribution < 1.29 is 14.2 Å². The fourth-order valence-electron chi connectivity index (χ4n) is 1.89. The standard InChI is InChI=1S/C15H14ClFO2/c1-19-15-6-5-11(9-13(15)16)14(18)8-10-3-2-4-12(17)7-10/h2-7,9,14,18H,8H2,1H3. The zero-order chi connectivity index (χ0) is 13.8. The minimum atomic E-state index is -0.731. The molecule has 0 bridgehead atoms. The average Bonchev–Trinajstić information content (AvgIpc) is 2.38. The van der Waals surface area contributed by atoms with Crippen molar-refractivity contribution in [2.75, 3.05) is 7.11 Å². The molecular weight excluding hydrogens is 267 g/mol. The van der Waals surface area contributed by atoms with Gasteiger partial charge in [-0.3, -0.25) is 0 Å². The van der Waals surface area contributed by atoms with Gasteiger partial charge >= 0.3 is 0 Å². The summed E-state index contributed by atoms with van der Waals surface area (Å²) in [4.78, 5) is 0. The molecule has 2 aromatic carbocycles. The van der Waals surface area contributed by atoms with Crippen molar-refractivity contribution in [2.45, 2.75) is 12.5 Å². The summed E-state index contributed by atoms with van der Waals surface area (Å²) in [6.45, 7) is 0. The molecular formula is C15H14ClFO2. The summed E-state index contributed by atoms with van der Waals surface area (Å²) >= 11 is 6.01. The Bertz CT molecular complexity index is 572. The third-order valence-electron chi connectivity index (χ3n) is 2.88. The molecule has 0 aliphatic heterocycles. The molecule has 0 spiro atoms. The van der Waals surface area contributed by atoms with Crippen molar-refractivity contribution in [3.63, 3.8) is 0 Å². The minimum Gasteiger partial charge on any atom is -0.495 e. The van der Waals surface area contributed by atoms with Gasteiger partial charge in [-0.05, 0) is 35.4 Å². The molecule has 1 N–H and O–H groups in total. The Balaban J connectivity index is 2.15. The number of rotatable bonds is 4. The second-order valence-corrected chi connectivity index (χ2v) is 4.65.